The van der Waals surface area contributed by atoms with Crippen molar-refractivity contribution in [2.45, 2.75) is 24.0 Å². The Morgan fingerprint density at radius 3 is 1.11 bits per heavy atom. The number of fused-ring (bicyclic) bond motifs is 11. The maximum atomic E-state index is 7.01. The summed E-state index contributed by atoms with van der Waals surface area (Å²) in [4.78, 5) is 4.93. The van der Waals surface area contributed by atoms with Crippen molar-refractivity contribution in [3.8, 4) is 33.8 Å². The van der Waals surface area contributed by atoms with Crippen LogP contribution in [0.2, 0.25) is 0 Å². The highest BCUT2D eigenvalue weighted by Gasteiger charge is 2.38. The lowest BCUT2D eigenvalue weighted by molar-refractivity contribution is 0.269. The van der Waals surface area contributed by atoms with E-state index < -0.39 is 0 Å². The third kappa shape index (κ3) is 6.37. The standard InChI is InChI=1S/C66H46N2O2/c1-3-21-43(22-4-1)45-25-11-15-35-57(45)67(59-37-19-33-53-51-31-13-17-39-63(51)69-65(53)59)61-41-55-48-28-8-10-30-50(48)62(42-56(55)47-27-7-9-29-49(47)61)68(58-36-16-12-26-46(58)44-23-5-2-6-24-44)60-38-20-34-54-52-32-14-18-40-64(52)70-66(54)60/h1-42,51-52,63-64H. The number of hydrogen-bond acceptors (Lipinski definition) is 4. The third-order valence-electron chi connectivity index (χ3n) is 14.7. The number of para-hydroxylation sites is 4. The number of rotatable bonds is 8. The fourth-order valence-electron chi connectivity index (χ4n) is 11.6. The first-order chi connectivity index (χ1) is 34.8. The molecule has 0 bridgehead atoms. The second-order valence-corrected chi connectivity index (χ2v) is 18.6. The van der Waals surface area contributed by atoms with Crippen LogP contribution in [0.3, 0.4) is 0 Å². The second kappa shape index (κ2) is 16.4. The summed E-state index contributed by atoms with van der Waals surface area (Å²) in [5.74, 6) is 2.12. The highest BCUT2D eigenvalue weighted by atomic mass is 16.5. The molecule has 0 amide bonds. The van der Waals surface area contributed by atoms with E-state index in [0.717, 1.165) is 100 Å². The van der Waals surface area contributed by atoms with Crippen LogP contribution in [0.4, 0.5) is 34.1 Å². The number of hydrogen-bond donors (Lipinski definition) is 0. The molecule has 0 aromatic heterocycles. The largest absolute Gasteiger partial charge is 0.483 e. The van der Waals surface area contributed by atoms with Crippen LogP contribution in [-0.2, 0) is 0 Å². The van der Waals surface area contributed by atoms with E-state index in [1.54, 1.807) is 0 Å². The molecule has 0 saturated carbocycles. The topological polar surface area (TPSA) is 24.9 Å². The molecule has 10 aromatic carbocycles. The lowest BCUT2D eigenvalue weighted by atomic mass is 9.90. The summed E-state index contributed by atoms with van der Waals surface area (Å²) < 4.78 is 14.0. The summed E-state index contributed by atoms with van der Waals surface area (Å²) in [5.41, 5.74) is 13.3. The normalized spacial score (nSPS) is 18.0. The van der Waals surface area contributed by atoms with Gasteiger partial charge in [-0.2, -0.15) is 0 Å². The zero-order chi connectivity index (χ0) is 46.1. The smallest absolute Gasteiger partial charge is 0.148 e. The quantitative estimate of drug-likeness (QED) is 0.142. The number of ether oxygens (including phenoxy) is 2. The minimum atomic E-state index is -0.0636. The van der Waals surface area contributed by atoms with Crippen molar-refractivity contribution in [1.29, 1.82) is 0 Å². The number of anilines is 6. The van der Waals surface area contributed by atoms with Gasteiger partial charge in [0, 0.05) is 44.9 Å². The van der Waals surface area contributed by atoms with E-state index in [9.17, 15) is 0 Å². The van der Waals surface area contributed by atoms with Gasteiger partial charge in [-0.25, -0.2) is 0 Å². The first-order valence-corrected chi connectivity index (χ1v) is 24.3. The Morgan fingerprint density at radius 2 is 0.657 bits per heavy atom. The minimum absolute atomic E-state index is 0.0636. The van der Waals surface area contributed by atoms with Gasteiger partial charge in [0.05, 0.1) is 34.1 Å². The van der Waals surface area contributed by atoms with Crippen LogP contribution in [0.5, 0.6) is 11.5 Å². The van der Waals surface area contributed by atoms with Crippen LogP contribution >= 0.6 is 0 Å². The predicted octanol–water partition coefficient (Wildman–Crippen LogP) is 17.4. The van der Waals surface area contributed by atoms with Crippen LogP contribution < -0.4 is 19.3 Å². The van der Waals surface area contributed by atoms with Gasteiger partial charge in [-0.15, -0.1) is 0 Å². The Morgan fingerprint density at radius 1 is 0.286 bits per heavy atom. The summed E-state index contributed by atoms with van der Waals surface area (Å²) in [7, 11) is 0. The van der Waals surface area contributed by atoms with Gasteiger partial charge in [-0.1, -0.05) is 206 Å². The molecule has 14 rings (SSSR count). The Balaban J connectivity index is 1.06. The molecule has 2 heterocycles. The van der Waals surface area contributed by atoms with Crippen molar-refractivity contribution < 1.29 is 9.47 Å². The Labute approximate surface area is 407 Å². The molecule has 4 aliphatic rings. The molecular weight excluding hydrogens is 853 g/mol. The van der Waals surface area contributed by atoms with E-state index in [2.05, 4.69) is 265 Å². The highest BCUT2D eigenvalue weighted by molar-refractivity contribution is 6.25. The van der Waals surface area contributed by atoms with Gasteiger partial charge in [0.1, 0.15) is 23.7 Å². The second-order valence-electron chi connectivity index (χ2n) is 18.6. The molecule has 4 unspecified atom stereocenters. The van der Waals surface area contributed by atoms with Gasteiger partial charge in [0.2, 0.25) is 0 Å². The van der Waals surface area contributed by atoms with Crippen molar-refractivity contribution >= 4 is 66.4 Å². The summed E-state index contributed by atoms with van der Waals surface area (Å²) in [6.45, 7) is 0. The minimum Gasteiger partial charge on any atom is -0.483 e. The lowest BCUT2D eigenvalue weighted by Crippen LogP contribution is -2.16. The molecule has 2 aliphatic carbocycles. The molecule has 332 valence electrons. The van der Waals surface area contributed by atoms with Crippen LogP contribution in [-0.4, -0.2) is 12.2 Å². The molecule has 10 aromatic rings. The average molecular weight is 899 g/mol. The SMILES string of the molecule is C1=CC2Oc3c(cccc3N(c3ccccc3-c3ccccc3)c3cc4c5ccccc5c(N(c5ccccc5-c5ccccc5)c5cccc6c5OC5C=CC=CC65)cc4c4ccccc34)C2C=C1. The highest BCUT2D eigenvalue weighted by Crippen LogP contribution is 2.56. The van der Waals surface area contributed by atoms with Gasteiger partial charge < -0.3 is 19.3 Å². The molecule has 0 spiro atoms. The summed E-state index contributed by atoms with van der Waals surface area (Å²) >= 11 is 0. The Kier molecular flexibility index (Phi) is 9.44. The van der Waals surface area contributed by atoms with Crippen LogP contribution in [0, 0.1) is 0 Å². The Bertz CT molecular complexity index is 3580. The summed E-state index contributed by atoms with van der Waals surface area (Å²) in [5, 5.41) is 6.91. The van der Waals surface area contributed by atoms with Crippen LogP contribution in [0.25, 0.3) is 54.6 Å². The first kappa shape index (κ1) is 40.2. The molecule has 70 heavy (non-hydrogen) atoms. The lowest BCUT2D eigenvalue weighted by Gasteiger charge is -2.32. The van der Waals surface area contributed by atoms with Gasteiger partial charge in [-0.3, -0.25) is 0 Å². The first-order valence-electron chi connectivity index (χ1n) is 24.3. The van der Waals surface area contributed by atoms with Gasteiger partial charge >= 0.3 is 0 Å². The maximum absolute atomic E-state index is 7.01. The number of allylic oxidation sites excluding steroid dienone is 4. The zero-order valence-corrected chi connectivity index (χ0v) is 38.3. The molecule has 0 fully saturated rings. The van der Waals surface area contributed by atoms with Gasteiger partial charge in [0.25, 0.3) is 0 Å². The van der Waals surface area contributed by atoms with Gasteiger partial charge in [0.15, 0.2) is 0 Å². The monoisotopic (exact) mass is 898 g/mol. The molecule has 0 saturated heterocycles. The van der Waals surface area contributed by atoms with Crippen molar-refractivity contribution in [1.82, 2.24) is 0 Å². The third-order valence-corrected chi connectivity index (χ3v) is 14.7. The van der Waals surface area contributed by atoms with Crippen LogP contribution in [0.1, 0.15) is 23.0 Å². The average Bonchev–Trinajstić information content (AvgIpc) is 4.02. The molecular formula is C66H46N2O2. The zero-order valence-electron chi connectivity index (χ0n) is 38.3. The van der Waals surface area contributed by atoms with E-state index in [1.165, 1.54) is 11.1 Å². The van der Waals surface area contributed by atoms with Gasteiger partial charge in [-0.05, 0) is 81.2 Å². The summed E-state index contributed by atoms with van der Waals surface area (Å²) in [6.07, 6.45) is 17.3. The predicted molar refractivity (Wildman–Crippen MR) is 290 cm³/mol. The molecule has 4 atom stereocenters. The van der Waals surface area contributed by atoms with Crippen molar-refractivity contribution in [2.75, 3.05) is 9.80 Å². The fraction of sp³-hybridized carbons (Fsp3) is 0.0606. The molecule has 0 radical (unpaired) electrons. The van der Waals surface area contributed by atoms with Crippen molar-refractivity contribution in [2.24, 2.45) is 0 Å². The van der Waals surface area contributed by atoms with E-state index in [1.807, 2.05) is 0 Å². The van der Waals surface area contributed by atoms with E-state index in [4.69, 9.17) is 9.47 Å². The number of benzene rings is 10. The van der Waals surface area contributed by atoms with E-state index in [-0.39, 0.29) is 24.0 Å². The maximum Gasteiger partial charge on any atom is 0.148 e. The molecule has 0 N–H and O–H groups in total. The summed E-state index contributed by atoms with van der Waals surface area (Å²) in [6, 6.07) is 75.1. The van der Waals surface area contributed by atoms with Crippen molar-refractivity contribution in [3.63, 3.8) is 0 Å². The molecule has 4 heteroatoms. The molecule has 4 nitrogen and oxygen atoms in total. The Hall–Kier alpha value is -8.86. The van der Waals surface area contributed by atoms with Crippen molar-refractivity contribution in [3.05, 3.63) is 266 Å². The van der Waals surface area contributed by atoms with E-state index >= 15 is 0 Å². The number of nitrogens with zero attached hydrogens (tertiary/aromatic N) is 2. The molecule has 2 aliphatic heterocycles. The van der Waals surface area contributed by atoms with E-state index in [0.29, 0.717) is 0 Å². The van der Waals surface area contributed by atoms with Crippen LogP contribution in [0.15, 0.2) is 255 Å². The fourth-order valence-corrected chi connectivity index (χ4v) is 11.6.